The molecule has 2 aliphatic rings. The summed E-state index contributed by atoms with van der Waals surface area (Å²) < 4.78 is 8.36. The van der Waals surface area contributed by atoms with Gasteiger partial charge in [-0.15, -0.1) is 5.10 Å². The van der Waals surface area contributed by atoms with Crippen molar-refractivity contribution in [2.24, 2.45) is 9.98 Å². The molecule has 0 spiro atoms. The molecule has 152 valence electrons. The number of nitrogens with zero attached hydrogens (tertiary/aromatic N) is 5. The molecule has 0 atom stereocenters. The zero-order chi connectivity index (χ0) is 20.4. The number of carbonyl (C=O) groups is 1. The highest BCUT2D eigenvalue weighted by Crippen LogP contribution is 2.31. The second kappa shape index (κ2) is 7.79. The Labute approximate surface area is 170 Å². The van der Waals surface area contributed by atoms with Gasteiger partial charge in [0, 0.05) is 25.2 Å². The first-order valence-corrected chi connectivity index (χ1v) is 9.92. The second-order valence-electron chi connectivity index (χ2n) is 8.30. The molecular weight excluding hydrogens is 368 g/mol. The summed E-state index contributed by atoms with van der Waals surface area (Å²) in [6, 6.07) is 5.82. The summed E-state index contributed by atoms with van der Waals surface area (Å²) in [4.78, 5) is 21.7. The maximum Gasteiger partial charge on any atom is 0.187 e. The number of aromatic nitrogens is 2. The number of hydrogen-bond acceptors (Lipinski definition) is 6. The van der Waals surface area contributed by atoms with Gasteiger partial charge in [0.25, 0.3) is 0 Å². The van der Waals surface area contributed by atoms with Crippen molar-refractivity contribution in [1.29, 1.82) is 0 Å². The van der Waals surface area contributed by atoms with Crippen molar-refractivity contribution in [3.63, 3.8) is 0 Å². The van der Waals surface area contributed by atoms with Crippen molar-refractivity contribution in [1.82, 2.24) is 9.61 Å². The van der Waals surface area contributed by atoms with Crippen LogP contribution in [0.5, 0.6) is 0 Å². The van der Waals surface area contributed by atoms with Crippen molar-refractivity contribution in [2.45, 2.75) is 12.8 Å². The highest BCUT2D eigenvalue weighted by Gasteiger charge is 2.27. The maximum atomic E-state index is 12.6. The molecule has 0 fully saturated rings. The van der Waals surface area contributed by atoms with Gasteiger partial charge in [-0.2, -0.15) is 0 Å². The van der Waals surface area contributed by atoms with Crippen molar-refractivity contribution >= 4 is 34.2 Å². The number of rotatable bonds is 6. The lowest BCUT2D eigenvalue weighted by molar-refractivity contribution is -0.870. The number of ether oxygens (including phenoxy) is 1. The van der Waals surface area contributed by atoms with E-state index in [1.807, 2.05) is 24.4 Å². The number of allylic oxidation sites excluding steroid dienone is 2. The molecule has 0 bridgehead atoms. The van der Waals surface area contributed by atoms with E-state index in [1.54, 1.807) is 10.6 Å². The van der Waals surface area contributed by atoms with Gasteiger partial charge in [0.05, 0.1) is 51.9 Å². The van der Waals surface area contributed by atoms with Gasteiger partial charge in [0.1, 0.15) is 23.8 Å². The predicted octanol–water partition coefficient (Wildman–Crippen LogP) is 2.24. The van der Waals surface area contributed by atoms with E-state index in [4.69, 9.17) is 9.73 Å². The number of fused-ring (bicyclic) bond motifs is 2. The van der Waals surface area contributed by atoms with Crippen LogP contribution in [0.4, 0.5) is 11.5 Å². The van der Waals surface area contributed by atoms with Gasteiger partial charge in [-0.05, 0) is 12.1 Å². The third kappa shape index (κ3) is 4.37. The first-order valence-electron chi connectivity index (χ1n) is 9.92. The smallest absolute Gasteiger partial charge is 0.187 e. The van der Waals surface area contributed by atoms with Crippen LogP contribution in [0.25, 0.3) is 5.52 Å². The van der Waals surface area contributed by atoms with Gasteiger partial charge in [-0.25, -0.2) is 9.51 Å². The normalized spacial score (nSPS) is 18.3. The number of ketones is 1. The lowest BCUT2D eigenvalue weighted by atomic mass is 10.00. The molecule has 0 amide bonds. The minimum absolute atomic E-state index is 0.0516. The molecule has 1 N–H and O–H groups in total. The van der Waals surface area contributed by atoms with E-state index in [2.05, 4.69) is 36.6 Å². The predicted molar refractivity (Wildman–Crippen MR) is 114 cm³/mol. The molecule has 0 radical (unpaired) electrons. The Morgan fingerprint density at radius 2 is 2.17 bits per heavy atom. The Balaban J connectivity index is 1.65. The minimum Gasteiger partial charge on any atom is -0.490 e. The Hall–Kier alpha value is -3.00. The number of Topliss-reactive ketones (excluding diaryl/α,β-unsaturated/α-hetero) is 1. The minimum atomic E-state index is -0.0516. The van der Waals surface area contributed by atoms with Crippen LogP contribution in [0, 0.1) is 0 Å². The molecular formula is C21H27N6O2+. The molecule has 29 heavy (non-hydrogen) atoms. The Kier molecular flexibility index (Phi) is 5.19. The molecule has 3 heterocycles. The standard InChI is InChI=1S/C21H27N6O2/c1-27(2,3)11-6-8-23-21-20(17-7-4-5-10-26(17)25-21)24-15-14-19-16(13-18(15)28)22-9-12-29-19/h4-5,7,10,14H,6,8-9,11-13H2,1-3H3,(H,23,25)/q+1. The maximum absolute atomic E-state index is 12.6. The van der Waals surface area contributed by atoms with E-state index in [1.165, 1.54) is 0 Å². The van der Waals surface area contributed by atoms with Crippen LogP contribution in [0.1, 0.15) is 12.8 Å². The molecule has 2 aromatic heterocycles. The van der Waals surface area contributed by atoms with Gasteiger partial charge < -0.3 is 14.5 Å². The summed E-state index contributed by atoms with van der Waals surface area (Å²) in [7, 11) is 6.53. The number of carbonyl (C=O) groups excluding carboxylic acids is 1. The fraction of sp³-hybridized carbons (Fsp3) is 0.429. The molecule has 8 nitrogen and oxygen atoms in total. The topological polar surface area (TPSA) is 80.3 Å². The van der Waals surface area contributed by atoms with E-state index in [-0.39, 0.29) is 12.2 Å². The fourth-order valence-corrected chi connectivity index (χ4v) is 3.40. The Morgan fingerprint density at radius 3 is 3.00 bits per heavy atom. The Morgan fingerprint density at radius 1 is 1.31 bits per heavy atom. The summed E-state index contributed by atoms with van der Waals surface area (Å²) in [5.41, 5.74) is 2.63. The number of pyridine rings is 1. The number of anilines is 1. The largest absolute Gasteiger partial charge is 0.490 e. The summed E-state index contributed by atoms with van der Waals surface area (Å²) >= 11 is 0. The average molecular weight is 395 g/mol. The van der Waals surface area contributed by atoms with Gasteiger partial charge >= 0.3 is 0 Å². The van der Waals surface area contributed by atoms with Crippen LogP contribution < -0.4 is 5.32 Å². The van der Waals surface area contributed by atoms with Gasteiger partial charge in [-0.3, -0.25) is 9.79 Å². The van der Waals surface area contributed by atoms with Crippen LogP contribution in [-0.2, 0) is 9.53 Å². The highest BCUT2D eigenvalue weighted by atomic mass is 16.5. The molecule has 1 aliphatic carbocycles. The summed E-state index contributed by atoms with van der Waals surface area (Å²) in [5.74, 6) is 1.29. The SMILES string of the molecule is C[N+](C)(C)CCCNc1nn2ccccc2c1N=C1C=C2OCCN=C2CC1=O. The molecule has 0 aromatic carbocycles. The van der Waals surface area contributed by atoms with Gasteiger partial charge in [0.2, 0.25) is 0 Å². The summed E-state index contributed by atoms with van der Waals surface area (Å²) in [6.45, 7) is 2.97. The number of quaternary nitrogens is 1. The van der Waals surface area contributed by atoms with Crippen molar-refractivity contribution in [3.8, 4) is 0 Å². The van der Waals surface area contributed by atoms with Crippen LogP contribution in [0.2, 0.25) is 0 Å². The molecule has 4 rings (SSSR count). The van der Waals surface area contributed by atoms with E-state index >= 15 is 0 Å². The molecule has 8 heteroatoms. The average Bonchev–Trinajstić information content (AvgIpc) is 3.03. The number of nitrogens with one attached hydrogen (secondary N) is 1. The third-order valence-electron chi connectivity index (χ3n) is 4.86. The molecule has 0 unspecified atom stereocenters. The monoisotopic (exact) mass is 395 g/mol. The third-order valence-corrected chi connectivity index (χ3v) is 4.86. The Bertz CT molecular complexity index is 1030. The summed E-state index contributed by atoms with van der Waals surface area (Å²) in [6.07, 6.45) is 4.82. The quantitative estimate of drug-likeness (QED) is 0.601. The first-order chi connectivity index (χ1) is 13.9. The van der Waals surface area contributed by atoms with Crippen LogP contribution in [0.3, 0.4) is 0 Å². The first kappa shape index (κ1) is 19.3. The second-order valence-corrected chi connectivity index (χ2v) is 8.30. The molecule has 1 aliphatic heterocycles. The summed E-state index contributed by atoms with van der Waals surface area (Å²) in [5, 5.41) is 8.03. The zero-order valence-corrected chi connectivity index (χ0v) is 17.2. The van der Waals surface area contributed by atoms with E-state index < -0.39 is 0 Å². The van der Waals surface area contributed by atoms with Crippen LogP contribution in [-0.4, -0.2) is 78.7 Å². The van der Waals surface area contributed by atoms with Crippen molar-refractivity contribution < 1.29 is 14.0 Å². The lowest BCUT2D eigenvalue weighted by Crippen LogP contribution is -2.36. The van der Waals surface area contributed by atoms with Crippen molar-refractivity contribution in [2.75, 3.05) is 52.7 Å². The van der Waals surface area contributed by atoms with E-state index in [0.717, 1.165) is 35.2 Å². The van der Waals surface area contributed by atoms with Crippen LogP contribution in [0.15, 0.2) is 46.2 Å². The van der Waals surface area contributed by atoms with Crippen molar-refractivity contribution in [3.05, 3.63) is 36.2 Å². The zero-order valence-electron chi connectivity index (χ0n) is 17.2. The van der Waals surface area contributed by atoms with Gasteiger partial charge in [-0.1, -0.05) is 6.07 Å². The molecule has 0 saturated heterocycles. The fourth-order valence-electron chi connectivity index (χ4n) is 3.40. The molecule has 0 saturated carbocycles. The van der Waals surface area contributed by atoms with Gasteiger partial charge in [0.15, 0.2) is 11.6 Å². The van der Waals surface area contributed by atoms with Crippen LogP contribution >= 0.6 is 0 Å². The molecule has 2 aromatic rings. The van der Waals surface area contributed by atoms with E-state index in [0.29, 0.717) is 36.1 Å². The van der Waals surface area contributed by atoms with E-state index in [9.17, 15) is 4.79 Å². The number of aliphatic imine (C=N–C) groups is 2. The highest BCUT2D eigenvalue weighted by molar-refractivity contribution is 6.51. The lowest BCUT2D eigenvalue weighted by Gasteiger charge is -2.23. The number of hydrogen-bond donors (Lipinski definition) is 1.